The Morgan fingerprint density at radius 3 is 2.87 bits per heavy atom. The fourth-order valence-electron chi connectivity index (χ4n) is 2.90. The highest BCUT2D eigenvalue weighted by atomic mass is 32.2. The molecule has 31 heavy (non-hydrogen) atoms. The number of nitrogens with two attached hydrogens (primary N) is 1. The first-order valence-electron chi connectivity index (χ1n) is 13.3. The highest BCUT2D eigenvalue weighted by Crippen LogP contribution is 2.28. The summed E-state index contributed by atoms with van der Waals surface area (Å²) in [6, 6.07) is 3.40. The predicted octanol–water partition coefficient (Wildman–Crippen LogP) is 3.14. The molecule has 4 rings (SSSR count). The molecule has 3 N–H and O–H groups in total. The van der Waals surface area contributed by atoms with E-state index < -0.39 is 58.1 Å². The second-order valence-electron chi connectivity index (χ2n) is 6.61. The maximum Gasteiger partial charge on any atom is 0.238 e. The lowest BCUT2D eigenvalue weighted by atomic mass is 10.2. The number of rotatable bonds is 5. The molecule has 0 radical (unpaired) electrons. The minimum absolute atomic E-state index is 0.126. The molecule has 10 heteroatoms. The van der Waals surface area contributed by atoms with Gasteiger partial charge >= 0.3 is 0 Å². The van der Waals surface area contributed by atoms with Crippen molar-refractivity contribution in [3.8, 4) is 0 Å². The van der Waals surface area contributed by atoms with Crippen molar-refractivity contribution in [2.75, 3.05) is 17.2 Å². The maximum atomic E-state index is 12.2. The molecule has 0 saturated carbocycles. The molecule has 2 aromatic heterocycles. The van der Waals surface area contributed by atoms with Gasteiger partial charge in [-0.2, -0.15) is 10.1 Å². The molecular formula is C21H23N7O2S. The highest BCUT2D eigenvalue weighted by molar-refractivity contribution is 7.89. The quantitative estimate of drug-likeness (QED) is 0.483. The van der Waals surface area contributed by atoms with Crippen LogP contribution in [-0.2, 0) is 17.1 Å². The number of benzene rings is 2. The molecule has 0 fully saturated rings. The second kappa shape index (κ2) is 7.64. The van der Waals surface area contributed by atoms with Crippen molar-refractivity contribution in [1.29, 1.82) is 0 Å². The summed E-state index contributed by atoms with van der Waals surface area (Å²) in [4.78, 5) is 7.95. The smallest absolute Gasteiger partial charge is 0.238 e. The van der Waals surface area contributed by atoms with Gasteiger partial charge in [-0.05, 0) is 55.7 Å². The molecule has 9 nitrogen and oxygen atoms in total. The van der Waals surface area contributed by atoms with E-state index in [9.17, 15) is 8.42 Å². The van der Waals surface area contributed by atoms with Gasteiger partial charge in [0.1, 0.15) is 5.82 Å². The molecule has 160 valence electrons. The number of hydrogen-bond donors (Lipinski definition) is 2. The van der Waals surface area contributed by atoms with Gasteiger partial charge in [-0.1, -0.05) is 6.04 Å². The number of nitrogens with zero attached hydrogens (tertiary/aromatic N) is 5. The fraction of sp³-hybridized carbons (Fsp3) is 0.190. The van der Waals surface area contributed by atoms with Crippen molar-refractivity contribution >= 4 is 44.1 Å². The third-order valence-electron chi connectivity index (χ3n) is 4.54. The molecule has 0 aliphatic heterocycles. The van der Waals surface area contributed by atoms with Gasteiger partial charge in [0.15, 0.2) is 0 Å². The zero-order chi connectivity index (χ0) is 29.9. The number of anilines is 4. The average molecular weight is 447 g/mol. The first kappa shape index (κ1) is 12.4. The van der Waals surface area contributed by atoms with Crippen molar-refractivity contribution in [3.05, 3.63) is 59.8 Å². The Morgan fingerprint density at radius 1 is 1.29 bits per heavy atom. The van der Waals surface area contributed by atoms with Gasteiger partial charge < -0.3 is 10.2 Å². The van der Waals surface area contributed by atoms with Crippen LogP contribution in [0.2, 0.25) is 0 Å². The van der Waals surface area contributed by atoms with Crippen LogP contribution in [0.4, 0.5) is 23.1 Å². The van der Waals surface area contributed by atoms with Crippen molar-refractivity contribution in [3.63, 3.8) is 0 Å². The lowest BCUT2D eigenvalue weighted by Gasteiger charge is -2.19. The van der Waals surface area contributed by atoms with Gasteiger partial charge in [0.05, 0.1) is 14.5 Å². The van der Waals surface area contributed by atoms with Gasteiger partial charge in [0, 0.05) is 50.9 Å². The number of aromatic nitrogens is 4. The summed E-state index contributed by atoms with van der Waals surface area (Å²) in [6.45, 7) is -4.03. The first-order chi connectivity index (χ1) is 18.3. The largest absolute Gasteiger partial charge is 0.329 e. The summed E-state index contributed by atoms with van der Waals surface area (Å²) in [7, 11) is -3.06. The molecule has 0 unspecified atom stereocenters. The lowest BCUT2D eigenvalue weighted by Crippen LogP contribution is -2.14. The number of primary sulfonamides is 1. The zero-order valence-electron chi connectivity index (χ0n) is 25.4. The number of sulfonamides is 1. The van der Waals surface area contributed by atoms with Gasteiger partial charge in [0.2, 0.25) is 16.0 Å². The summed E-state index contributed by atoms with van der Waals surface area (Å²) < 4.78 is 98.1. The first-order valence-corrected chi connectivity index (χ1v) is 10.4. The van der Waals surface area contributed by atoms with Crippen LogP contribution in [-0.4, -0.2) is 35.1 Å². The molecule has 4 aromatic rings. The Balaban J connectivity index is 1.85. The van der Waals surface area contributed by atoms with E-state index in [-0.39, 0.29) is 17.5 Å². The monoisotopic (exact) mass is 446 g/mol. The normalized spacial score (nSPS) is 16.7. The van der Waals surface area contributed by atoms with E-state index in [1.807, 2.05) is 6.92 Å². The number of nitrogens with one attached hydrogen (secondary N) is 1. The fourth-order valence-corrected chi connectivity index (χ4v) is 3.48. The number of fused-ring (bicyclic) bond motifs is 1. The molecule has 0 bridgehead atoms. The Morgan fingerprint density at radius 2 is 2.13 bits per heavy atom. The van der Waals surface area contributed by atoms with Crippen LogP contribution in [0.25, 0.3) is 10.9 Å². The molecule has 0 amide bonds. The minimum atomic E-state index is -4.82. The van der Waals surface area contributed by atoms with E-state index in [0.29, 0.717) is 5.52 Å². The number of hydrogen-bond acceptors (Lipinski definition) is 7. The van der Waals surface area contributed by atoms with Crippen LogP contribution in [0.5, 0.6) is 0 Å². The molecule has 0 spiro atoms. The maximum absolute atomic E-state index is 12.2. The molecule has 0 aliphatic carbocycles. The lowest BCUT2D eigenvalue weighted by molar-refractivity contribution is 0.597. The van der Waals surface area contributed by atoms with Crippen LogP contribution < -0.4 is 15.4 Å². The second-order valence-corrected chi connectivity index (χ2v) is 8.11. The standard InChI is InChI=1S/C21H23N7O2S/c1-13-5-6-15(11-19(13)31(22,29)30)24-21-23-10-9-20(25-21)27(3)16-7-8-17-14(2)28(4)26-18(17)12-16/h5-12H,1-4H3,(H2,22,29,30)(H,23,24,25)/i1D3,3D3,5D,6D,11D. The van der Waals surface area contributed by atoms with E-state index in [0.717, 1.165) is 16.0 Å². The van der Waals surface area contributed by atoms with Crippen LogP contribution in [0, 0.1) is 13.8 Å². The summed E-state index contributed by atoms with van der Waals surface area (Å²) >= 11 is 0. The van der Waals surface area contributed by atoms with Crippen LogP contribution in [0.1, 0.15) is 23.6 Å². The third kappa shape index (κ3) is 4.07. The summed E-state index contributed by atoms with van der Waals surface area (Å²) in [6.07, 6.45) is 1.19. The van der Waals surface area contributed by atoms with E-state index in [1.54, 1.807) is 29.9 Å². The van der Waals surface area contributed by atoms with Crippen LogP contribution in [0.15, 0.2) is 53.5 Å². The van der Waals surface area contributed by atoms with Gasteiger partial charge in [-0.25, -0.2) is 18.5 Å². The van der Waals surface area contributed by atoms with Crippen molar-refractivity contribution < 1.29 is 20.8 Å². The Kier molecular flexibility index (Phi) is 3.05. The van der Waals surface area contributed by atoms with E-state index in [2.05, 4.69) is 20.4 Å². The predicted molar refractivity (Wildman–Crippen MR) is 121 cm³/mol. The van der Waals surface area contributed by atoms with Gasteiger partial charge in [-0.15, -0.1) is 0 Å². The molecule has 0 aliphatic rings. The number of aryl methyl sites for hydroxylation is 2. The topological polar surface area (TPSA) is 119 Å². The van der Waals surface area contributed by atoms with Gasteiger partial charge in [-0.3, -0.25) is 4.68 Å². The van der Waals surface area contributed by atoms with Crippen molar-refractivity contribution in [2.45, 2.75) is 18.7 Å². The Hall–Kier alpha value is -3.50. The minimum Gasteiger partial charge on any atom is -0.329 e. The van der Waals surface area contributed by atoms with Gasteiger partial charge in [0.25, 0.3) is 0 Å². The summed E-state index contributed by atoms with van der Waals surface area (Å²) in [5, 5.41) is 12.9. The molecule has 0 atom stereocenters. The SMILES string of the molecule is [2H]c1c([2H])c(C([2H])([2H])[2H])c(S(N)(=O)=O)c([2H])c1Nc1nccc(N(c2ccc3c(C)n(C)nc3c2)C([2H])([2H])[2H])n1. The average Bonchev–Trinajstić information content (AvgIpc) is 3.09. The molecule has 2 aromatic carbocycles. The highest BCUT2D eigenvalue weighted by Gasteiger charge is 2.14. The van der Waals surface area contributed by atoms with E-state index in [1.165, 1.54) is 12.3 Å². The molecule has 0 saturated heterocycles. The van der Waals surface area contributed by atoms with Crippen molar-refractivity contribution in [2.24, 2.45) is 12.2 Å². The van der Waals surface area contributed by atoms with Crippen molar-refractivity contribution in [1.82, 2.24) is 19.7 Å². The van der Waals surface area contributed by atoms with E-state index >= 15 is 0 Å². The summed E-state index contributed by atoms with van der Waals surface area (Å²) in [5.74, 6) is -0.482. The molecule has 2 heterocycles. The van der Waals surface area contributed by atoms with Crippen LogP contribution >= 0.6 is 0 Å². The zero-order valence-corrected chi connectivity index (χ0v) is 17.2. The van der Waals surface area contributed by atoms with E-state index in [4.69, 9.17) is 17.5 Å². The third-order valence-corrected chi connectivity index (χ3v) is 5.42. The Labute approximate surface area is 193 Å². The Bertz CT molecular complexity index is 1750. The van der Waals surface area contributed by atoms with Crippen LogP contribution in [0.3, 0.4) is 0 Å². The molecular weight excluding hydrogens is 414 g/mol. The summed E-state index contributed by atoms with van der Waals surface area (Å²) in [5.41, 5.74) is -0.0109.